The van der Waals surface area contributed by atoms with Crippen LogP contribution in [0.4, 0.5) is 0 Å². The second-order valence-corrected chi connectivity index (χ2v) is 3.20. The average Bonchev–Trinajstić information content (AvgIpc) is 2.30. The van der Waals surface area contributed by atoms with E-state index < -0.39 is 5.91 Å². The van der Waals surface area contributed by atoms with Crippen LogP contribution in [-0.4, -0.2) is 5.91 Å². The molecule has 2 heteroatoms. The normalized spacial score (nSPS) is 9.87. The van der Waals surface area contributed by atoms with Crippen LogP contribution in [-0.2, 0) is 0 Å². The van der Waals surface area contributed by atoms with Gasteiger partial charge in [0.25, 0.3) is 0 Å². The molecule has 0 aliphatic rings. The molecule has 0 spiro atoms. The maximum Gasteiger partial charge on any atom is 0.249 e. The zero-order valence-electron chi connectivity index (χ0n) is 8.10. The van der Waals surface area contributed by atoms with Gasteiger partial charge in [-0.05, 0) is 29.3 Å². The van der Waals surface area contributed by atoms with Crippen molar-refractivity contribution in [3.05, 3.63) is 60.2 Å². The van der Waals surface area contributed by atoms with Crippen LogP contribution >= 0.6 is 0 Å². The van der Waals surface area contributed by atoms with Crippen LogP contribution in [0.1, 0.15) is 10.4 Å². The van der Waals surface area contributed by atoms with E-state index in [9.17, 15) is 4.79 Å². The number of amides is 1. The Morgan fingerprint density at radius 2 is 1.87 bits per heavy atom. The van der Waals surface area contributed by atoms with Crippen LogP contribution in [0, 0.1) is 6.07 Å². The number of primary amides is 1. The first-order valence-corrected chi connectivity index (χ1v) is 4.64. The Bertz CT molecular complexity index is 477. The Morgan fingerprint density at radius 1 is 1.13 bits per heavy atom. The minimum Gasteiger partial charge on any atom is -0.366 e. The highest BCUT2D eigenvalue weighted by molar-refractivity contribution is 5.99. The maximum atomic E-state index is 11.2. The van der Waals surface area contributed by atoms with Crippen LogP contribution < -0.4 is 5.73 Å². The van der Waals surface area contributed by atoms with Crippen molar-refractivity contribution in [2.45, 2.75) is 0 Å². The molecule has 0 atom stereocenters. The molecule has 2 nitrogen and oxygen atoms in total. The van der Waals surface area contributed by atoms with Crippen molar-refractivity contribution in [1.82, 2.24) is 0 Å². The van der Waals surface area contributed by atoms with E-state index in [1.165, 1.54) is 0 Å². The Kier molecular flexibility index (Phi) is 2.50. The molecule has 73 valence electrons. The van der Waals surface area contributed by atoms with Gasteiger partial charge in [-0.3, -0.25) is 4.79 Å². The van der Waals surface area contributed by atoms with Crippen LogP contribution in [0.5, 0.6) is 0 Å². The summed E-state index contributed by atoms with van der Waals surface area (Å²) in [5, 5.41) is 0. The number of carbonyl (C=O) groups excluding carboxylic acids is 1. The van der Waals surface area contributed by atoms with Crippen LogP contribution in [0.15, 0.2) is 48.5 Å². The average molecular weight is 196 g/mol. The zero-order valence-corrected chi connectivity index (χ0v) is 8.10. The third-order valence-corrected chi connectivity index (χ3v) is 2.21. The molecule has 15 heavy (non-hydrogen) atoms. The van der Waals surface area contributed by atoms with Gasteiger partial charge in [0, 0.05) is 5.56 Å². The highest BCUT2D eigenvalue weighted by atomic mass is 16.1. The Labute approximate surface area is 88.4 Å². The summed E-state index contributed by atoms with van der Waals surface area (Å²) in [4.78, 5) is 11.2. The van der Waals surface area contributed by atoms with Crippen molar-refractivity contribution in [1.29, 1.82) is 0 Å². The number of hydrogen-bond acceptors (Lipinski definition) is 1. The van der Waals surface area contributed by atoms with Crippen molar-refractivity contribution in [2.24, 2.45) is 5.73 Å². The summed E-state index contributed by atoms with van der Waals surface area (Å²) in [5.74, 6) is -0.414. The second-order valence-electron chi connectivity index (χ2n) is 3.20. The van der Waals surface area contributed by atoms with E-state index >= 15 is 0 Å². The topological polar surface area (TPSA) is 43.1 Å². The van der Waals surface area contributed by atoms with Gasteiger partial charge in [-0.2, -0.15) is 0 Å². The van der Waals surface area contributed by atoms with Crippen LogP contribution in [0.25, 0.3) is 11.1 Å². The Hall–Kier alpha value is -2.09. The number of hydrogen-bond donors (Lipinski definition) is 1. The lowest BCUT2D eigenvalue weighted by Gasteiger charge is -2.05. The largest absolute Gasteiger partial charge is 0.366 e. The molecule has 2 rings (SSSR count). The molecule has 0 bridgehead atoms. The summed E-state index contributed by atoms with van der Waals surface area (Å²) in [6.07, 6.45) is 0. The number of carbonyl (C=O) groups is 1. The maximum absolute atomic E-state index is 11.2. The Morgan fingerprint density at radius 3 is 2.53 bits per heavy atom. The summed E-state index contributed by atoms with van der Waals surface area (Å²) in [6, 6.07) is 17.8. The van der Waals surface area contributed by atoms with Gasteiger partial charge in [0.05, 0.1) is 0 Å². The van der Waals surface area contributed by atoms with Gasteiger partial charge in [-0.1, -0.05) is 36.4 Å². The first-order chi connectivity index (χ1) is 7.29. The second kappa shape index (κ2) is 3.96. The fraction of sp³-hybridized carbons (Fsp3) is 0. The molecular weight excluding hydrogens is 186 g/mol. The Balaban J connectivity index is 2.58. The van der Waals surface area contributed by atoms with E-state index in [1.807, 2.05) is 30.3 Å². The van der Waals surface area contributed by atoms with Gasteiger partial charge in [0.1, 0.15) is 0 Å². The third kappa shape index (κ3) is 1.89. The number of nitrogens with two attached hydrogens (primary N) is 1. The van der Waals surface area contributed by atoms with Crippen molar-refractivity contribution in [3.63, 3.8) is 0 Å². The van der Waals surface area contributed by atoms with Crippen molar-refractivity contribution >= 4 is 5.91 Å². The van der Waals surface area contributed by atoms with Gasteiger partial charge in [0.15, 0.2) is 0 Å². The molecule has 0 aliphatic carbocycles. The quantitative estimate of drug-likeness (QED) is 0.786. The predicted molar refractivity (Wildman–Crippen MR) is 59.2 cm³/mol. The predicted octanol–water partition coefficient (Wildman–Crippen LogP) is 2.25. The summed E-state index contributed by atoms with van der Waals surface area (Å²) in [5.41, 5.74) is 7.63. The standard InChI is InChI=1S/C13H10NO/c14-13(15)12-9-5-4-8-11(12)10-6-2-1-3-7-10/h1-3,5-9H,(H2,14,15). The van der Waals surface area contributed by atoms with E-state index in [4.69, 9.17) is 5.73 Å². The van der Waals surface area contributed by atoms with Crippen LogP contribution in [0.2, 0.25) is 0 Å². The van der Waals surface area contributed by atoms with E-state index in [1.54, 1.807) is 18.2 Å². The molecule has 2 aromatic carbocycles. The molecule has 0 heterocycles. The molecule has 1 radical (unpaired) electrons. The molecule has 0 aromatic heterocycles. The smallest absolute Gasteiger partial charge is 0.249 e. The minimum absolute atomic E-state index is 0.414. The fourth-order valence-electron chi connectivity index (χ4n) is 1.50. The molecule has 1 amide bonds. The lowest BCUT2D eigenvalue weighted by molar-refractivity contribution is 0.100. The van der Waals surface area contributed by atoms with E-state index in [-0.39, 0.29) is 0 Å². The lowest BCUT2D eigenvalue weighted by atomic mass is 9.99. The number of benzene rings is 2. The first-order valence-electron chi connectivity index (χ1n) is 4.64. The molecule has 2 aromatic rings. The van der Waals surface area contributed by atoms with E-state index in [2.05, 4.69) is 6.07 Å². The monoisotopic (exact) mass is 196 g/mol. The highest BCUT2D eigenvalue weighted by Gasteiger charge is 2.07. The van der Waals surface area contributed by atoms with Gasteiger partial charge in [-0.25, -0.2) is 0 Å². The lowest BCUT2D eigenvalue weighted by Crippen LogP contribution is -2.12. The summed E-state index contributed by atoms with van der Waals surface area (Å²) in [6.45, 7) is 0. The molecular formula is C13H10NO. The van der Waals surface area contributed by atoms with Gasteiger partial charge >= 0.3 is 0 Å². The van der Waals surface area contributed by atoms with E-state index in [0.717, 1.165) is 11.1 Å². The first kappa shape index (κ1) is 9.46. The SMILES string of the molecule is NC(=O)c1cc[c]cc1-c1ccccc1. The summed E-state index contributed by atoms with van der Waals surface area (Å²) >= 11 is 0. The van der Waals surface area contributed by atoms with Gasteiger partial charge < -0.3 is 5.73 Å². The molecule has 0 unspecified atom stereocenters. The number of rotatable bonds is 2. The molecule has 0 fully saturated rings. The van der Waals surface area contributed by atoms with Gasteiger partial charge in [-0.15, -0.1) is 0 Å². The summed E-state index contributed by atoms with van der Waals surface area (Å²) < 4.78 is 0. The van der Waals surface area contributed by atoms with Crippen molar-refractivity contribution in [2.75, 3.05) is 0 Å². The molecule has 0 saturated heterocycles. The molecule has 2 N–H and O–H groups in total. The van der Waals surface area contributed by atoms with Gasteiger partial charge in [0.2, 0.25) is 5.91 Å². The third-order valence-electron chi connectivity index (χ3n) is 2.21. The van der Waals surface area contributed by atoms with Crippen LogP contribution in [0.3, 0.4) is 0 Å². The van der Waals surface area contributed by atoms with E-state index in [0.29, 0.717) is 5.56 Å². The fourth-order valence-corrected chi connectivity index (χ4v) is 1.50. The van der Waals surface area contributed by atoms with Crippen molar-refractivity contribution < 1.29 is 4.79 Å². The zero-order chi connectivity index (χ0) is 10.7. The summed E-state index contributed by atoms with van der Waals surface area (Å²) in [7, 11) is 0. The molecule has 0 aliphatic heterocycles. The highest BCUT2D eigenvalue weighted by Crippen LogP contribution is 2.22. The van der Waals surface area contributed by atoms with Crippen molar-refractivity contribution in [3.8, 4) is 11.1 Å². The molecule has 0 saturated carbocycles. The minimum atomic E-state index is -0.414.